The minimum atomic E-state index is -0.745. The zero-order valence-corrected chi connectivity index (χ0v) is 10.2. The van der Waals surface area contributed by atoms with Gasteiger partial charge in [0.2, 0.25) is 0 Å². The molecule has 2 rings (SSSR count). The average molecular weight is 239 g/mol. The molecule has 2 nitrogen and oxygen atoms in total. The normalized spacial score (nSPS) is 21.8. The van der Waals surface area contributed by atoms with Crippen molar-refractivity contribution in [3.8, 4) is 0 Å². The van der Waals surface area contributed by atoms with E-state index in [0.29, 0.717) is 5.02 Å². The van der Waals surface area contributed by atoms with Crippen molar-refractivity contribution in [3.05, 3.63) is 34.3 Å². The lowest BCUT2D eigenvalue weighted by molar-refractivity contribution is -0.138. The Morgan fingerprint density at radius 2 is 2.25 bits per heavy atom. The topological polar surface area (TPSA) is 37.3 Å². The van der Waals surface area contributed by atoms with Gasteiger partial charge < -0.3 is 5.11 Å². The van der Waals surface area contributed by atoms with Crippen molar-refractivity contribution in [2.24, 2.45) is 5.41 Å². The highest BCUT2D eigenvalue weighted by atomic mass is 35.5. The molecule has 0 bridgehead atoms. The van der Waals surface area contributed by atoms with Crippen molar-refractivity contribution in [2.75, 3.05) is 0 Å². The van der Waals surface area contributed by atoms with E-state index < -0.39 is 5.97 Å². The van der Waals surface area contributed by atoms with E-state index in [2.05, 4.69) is 13.8 Å². The zero-order chi connectivity index (χ0) is 11.9. The standard InChI is InChI=1S/C13H15ClO2/c1-13(2)7-8-3-4-9(14)5-10(8)11(13)6-12(15)16/h3-5,11H,6-7H2,1-2H3,(H,15,16). The van der Waals surface area contributed by atoms with Gasteiger partial charge in [-0.05, 0) is 35.1 Å². The quantitative estimate of drug-likeness (QED) is 0.857. The third kappa shape index (κ3) is 1.94. The number of halogens is 1. The van der Waals surface area contributed by atoms with Crippen molar-refractivity contribution >= 4 is 17.6 Å². The summed E-state index contributed by atoms with van der Waals surface area (Å²) in [5.41, 5.74) is 2.35. The van der Waals surface area contributed by atoms with Gasteiger partial charge in [-0.2, -0.15) is 0 Å². The SMILES string of the molecule is CC1(C)Cc2ccc(Cl)cc2C1CC(=O)O. The smallest absolute Gasteiger partial charge is 0.303 e. The summed E-state index contributed by atoms with van der Waals surface area (Å²) < 4.78 is 0. The van der Waals surface area contributed by atoms with Gasteiger partial charge in [0.25, 0.3) is 0 Å². The van der Waals surface area contributed by atoms with Crippen molar-refractivity contribution < 1.29 is 9.90 Å². The number of fused-ring (bicyclic) bond motifs is 1. The number of hydrogen-bond acceptors (Lipinski definition) is 1. The maximum atomic E-state index is 10.9. The molecule has 0 heterocycles. The van der Waals surface area contributed by atoms with E-state index in [4.69, 9.17) is 16.7 Å². The van der Waals surface area contributed by atoms with Gasteiger partial charge >= 0.3 is 5.97 Å². The predicted octanol–water partition coefficient (Wildman–Crippen LogP) is 3.48. The molecule has 0 radical (unpaired) electrons. The minimum Gasteiger partial charge on any atom is -0.481 e. The van der Waals surface area contributed by atoms with Crippen LogP contribution in [0.15, 0.2) is 18.2 Å². The maximum Gasteiger partial charge on any atom is 0.303 e. The van der Waals surface area contributed by atoms with Crippen LogP contribution in [0.4, 0.5) is 0 Å². The molecule has 0 spiro atoms. The van der Waals surface area contributed by atoms with E-state index in [1.54, 1.807) is 0 Å². The van der Waals surface area contributed by atoms with E-state index in [1.807, 2.05) is 18.2 Å². The molecule has 0 saturated heterocycles. The summed E-state index contributed by atoms with van der Waals surface area (Å²) in [6, 6.07) is 5.81. The van der Waals surface area contributed by atoms with Crippen LogP contribution in [-0.2, 0) is 11.2 Å². The Balaban J connectivity index is 2.43. The van der Waals surface area contributed by atoms with Gasteiger partial charge in [0.05, 0.1) is 6.42 Å². The van der Waals surface area contributed by atoms with Gasteiger partial charge in [-0.25, -0.2) is 0 Å². The molecule has 3 heteroatoms. The first-order valence-electron chi connectivity index (χ1n) is 5.40. The molecule has 86 valence electrons. The molecule has 0 fully saturated rings. The molecule has 1 aliphatic carbocycles. The van der Waals surface area contributed by atoms with Crippen molar-refractivity contribution in [1.29, 1.82) is 0 Å². The second-order valence-corrected chi connectivity index (χ2v) is 5.60. The van der Waals surface area contributed by atoms with Crippen LogP contribution >= 0.6 is 11.6 Å². The van der Waals surface area contributed by atoms with Crippen LogP contribution in [0.25, 0.3) is 0 Å². The summed E-state index contributed by atoms with van der Waals surface area (Å²) in [4.78, 5) is 10.9. The van der Waals surface area contributed by atoms with Gasteiger partial charge in [0.15, 0.2) is 0 Å². The van der Waals surface area contributed by atoms with E-state index in [0.717, 1.165) is 12.0 Å². The molecular formula is C13H15ClO2. The Morgan fingerprint density at radius 1 is 1.56 bits per heavy atom. The lowest BCUT2D eigenvalue weighted by atomic mass is 9.78. The largest absolute Gasteiger partial charge is 0.481 e. The number of carbonyl (C=O) groups is 1. The molecule has 1 aromatic rings. The van der Waals surface area contributed by atoms with Gasteiger partial charge in [-0.15, -0.1) is 0 Å². The van der Waals surface area contributed by atoms with Crippen molar-refractivity contribution in [1.82, 2.24) is 0 Å². The third-order valence-electron chi connectivity index (χ3n) is 3.45. The average Bonchev–Trinajstić information content (AvgIpc) is 2.38. The van der Waals surface area contributed by atoms with Crippen LogP contribution in [0.1, 0.15) is 37.3 Å². The summed E-state index contributed by atoms with van der Waals surface area (Å²) in [7, 11) is 0. The van der Waals surface area contributed by atoms with Gasteiger partial charge in [-0.3, -0.25) is 4.79 Å². The summed E-state index contributed by atoms with van der Waals surface area (Å²) >= 11 is 5.97. The minimum absolute atomic E-state index is 0.00536. The van der Waals surface area contributed by atoms with E-state index in [9.17, 15) is 4.79 Å². The number of rotatable bonds is 2. The second-order valence-electron chi connectivity index (χ2n) is 5.16. The molecule has 16 heavy (non-hydrogen) atoms. The lowest BCUT2D eigenvalue weighted by Crippen LogP contribution is -2.20. The van der Waals surface area contributed by atoms with Crippen LogP contribution in [0.3, 0.4) is 0 Å². The van der Waals surface area contributed by atoms with E-state index in [-0.39, 0.29) is 17.8 Å². The molecular weight excluding hydrogens is 224 g/mol. The maximum absolute atomic E-state index is 10.9. The Labute approximate surface area is 100 Å². The Kier molecular flexibility index (Phi) is 2.70. The molecule has 0 saturated carbocycles. The van der Waals surface area contributed by atoms with Crippen molar-refractivity contribution in [2.45, 2.75) is 32.6 Å². The fourth-order valence-corrected chi connectivity index (χ4v) is 2.83. The molecule has 1 unspecified atom stereocenters. The predicted molar refractivity (Wildman–Crippen MR) is 63.9 cm³/mol. The molecule has 0 aromatic heterocycles. The number of carboxylic acid groups (broad SMARTS) is 1. The molecule has 1 aromatic carbocycles. The Bertz CT molecular complexity index is 438. The highest BCUT2D eigenvalue weighted by Gasteiger charge is 2.39. The fourth-order valence-electron chi connectivity index (χ4n) is 2.65. The summed E-state index contributed by atoms with van der Waals surface area (Å²) in [5, 5.41) is 9.65. The molecule has 1 N–H and O–H groups in total. The number of hydrogen-bond donors (Lipinski definition) is 1. The number of aliphatic carboxylic acids is 1. The number of carboxylic acids is 1. The van der Waals surface area contributed by atoms with E-state index in [1.165, 1.54) is 5.56 Å². The number of benzene rings is 1. The van der Waals surface area contributed by atoms with Crippen LogP contribution in [0.2, 0.25) is 5.02 Å². The third-order valence-corrected chi connectivity index (χ3v) is 3.69. The second kappa shape index (κ2) is 3.77. The van der Waals surface area contributed by atoms with Gasteiger partial charge in [0, 0.05) is 10.9 Å². The highest BCUT2D eigenvalue weighted by molar-refractivity contribution is 6.30. The van der Waals surface area contributed by atoms with Crippen LogP contribution < -0.4 is 0 Å². The van der Waals surface area contributed by atoms with Crippen LogP contribution in [0, 0.1) is 5.41 Å². The van der Waals surface area contributed by atoms with Crippen LogP contribution in [-0.4, -0.2) is 11.1 Å². The lowest BCUT2D eigenvalue weighted by Gasteiger charge is -2.26. The summed E-state index contributed by atoms with van der Waals surface area (Å²) in [5.74, 6) is -0.676. The highest BCUT2D eigenvalue weighted by Crippen LogP contribution is 2.49. The molecule has 1 aliphatic rings. The molecule has 0 amide bonds. The van der Waals surface area contributed by atoms with Gasteiger partial charge in [0.1, 0.15) is 0 Å². The fraction of sp³-hybridized carbons (Fsp3) is 0.462. The first kappa shape index (κ1) is 11.5. The monoisotopic (exact) mass is 238 g/mol. The summed E-state index contributed by atoms with van der Waals surface area (Å²) in [6.45, 7) is 4.24. The van der Waals surface area contributed by atoms with E-state index >= 15 is 0 Å². The zero-order valence-electron chi connectivity index (χ0n) is 9.46. The first-order chi connectivity index (χ1) is 7.40. The Hall–Kier alpha value is -1.02. The van der Waals surface area contributed by atoms with Crippen LogP contribution in [0.5, 0.6) is 0 Å². The first-order valence-corrected chi connectivity index (χ1v) is 5.78. The summed E-state index contributed by atoms with van der Waals surface area (Å²) in [6.07, 6.45) is 1.11. The molecule has 1 atom stereocenters. The Morgan fingerprint density at radius 3 is 2.88 bits per heavy atom. The van der Waals surface area contributed by atoms with Gasteiger partial charge in [-0.1, -0.05) is 31.5 Å². The van der Waals surface area contributed by atoms with Crippen molar-refractivity contribution in [3.63, 3.8) is 0 Å². The molecule has 0 aliphatic heterocycles.